The first-order valence-corrected chi connectivity index (χ1v) is 6.22. The minimum atomic E-state index is 0.658. The first-order chi connectivity index (χ1) is 8.93. The molecule has 94 valence electrons. The van der Waals surface area contributed by atoms with Crippen molar-refractivity contribution in [1.29, 1.82) is 0 Å². The number of anilines is 1. The van der Waals surface area contributed by atoms with Crippen LogP contribution in [0, 0.1) is 5.92 Å². The van der Waals surface area contributed by atoms with E-state index >= 15 is 0 Å². The predicted octanol–water partition coefficient (Wildman–Crippen LogP) is 0.684. The summed E-state index contributed by atoms with van der Waals surface area (Å²) in [6, 6.07) is 9.89. The van der Waals surface area contributed by atoms with Gasteiger partial charge in [0.05, 0.1) is 5.69 Å². The van der Waals surface area contributed by atoms with Crippen LogP contribution in [-0.2, 0) is 0 Å². The zero-order valence-corrected chi connectivity index (χ0v) is 10.1. The molecule has 1 aliphatic rings. The van der Waals surface area contributed by atoms with Gasteiger partial charge in [-0.3, -0.25) is 0 Å². The quantitative estimate of drug-likeness (QED) is 0.828. The third-order valence-corrected chi connectivity index (χ3v) is 3.18. The van der Waals surface area contributed by atoms with Crippen LogP contribution in [-0.4, -0.2) is 39.8 Å². The maximum atomic E-state index is 4.02. The molecule has 0 amide bonds. The second-order valence-electron chi connectivity index (χ2n) is 4.49. The highest BCUT2D eigenvalue weighted by Crippen LogP contribution is 2.12. The number of hydrogen-bond acceptors (Lipinski definition) is 5. The van der Waals surface area contributed by atoms with Gasteiger partial charge < -0.3 is 10.6 Å². The molecule has 0 radical (unpaired) electrons. The maximum absolute atomic E-state index is 4.02. The lowest BCUT2D eigenvalue weighted by molar-refractivity contribution is 0.611. The average molecular weight is 244 g/mol. The van der Waals surface area contributed by atoms with E-state index in [-0.39, 0.29) is 0 Å². The minimum absolute atomic E-state index is 0.658. The van der Waals surface area contributed by atoms with E-state index in [1.54, 1.807) is 4.68 Å². The number of benzene rings is 1. The molecule has 2 aromatic rings. The van der Waals surface area contributed by atoms with E-state index < -0.39 is 0 Å². The van der Waals surface area contributed by atoms with Crippen molar-refractivity contribution in [2.45, 2.75) is 6.42 Å². The predicted molar refractivity (Wildman–Crippen MR) is 68.6 cm³/mol. The molecule has 1 aliphatic heterocycles. The fourth-order valence-corrected chi connectivity index (χ4v) is 2.16. The van der Waals surface area contributed by atoms with Crippen LogP contribution >= 0.6 is 0 Å². The molecule has 1 aromatic carbocycles. The molecule has 1 fully saturated rings. The molecule has 0 saturated carbocycles. The molecule has 2 N–H and O–H groups in total. The molecule has 0 spiro atoms. The molecule has 2 heterocycles. The standard InChI is InChI=1S/C12H16N6/c1-2-4-11(5-3-1)18-12(15-16-17-18)14-9-10-6-7-13-8-10/h1-5,10,13H,6-9H2,(H,14,15,17). The fraction of sp³-hybridized carbons (Fsp3) is 0.417. The van der Waals surface area contributed by atoms with Crippen LogP contribution in [0.2, 0.25) is 0 Å². The van der Waals surface area contributed by atoms with Gasteiger partial charge in [0.25, 0.3) is 0 Å². The summed E-state index contributed by atoms with van der Waals surface area (Å²) < 4.78 is 1.72. The molecule has 0 aliphatic carbocycles. The van der Waals surface area contributed by atoms with Gasteiger partial charge in [-0.15, -0.1) is 0 Å². The van der Waals surface area contributed by atoms with Gasteiger partial charge in [0.15, 0.2) is 0 Å². The molecular formula is C12H16N6. The fourth-order valence-electron chi connectivity index (χ4n) is 2.16. The van der Waals surface area contributed by atoms with Crippen LogP contribution in [0.3, 0.4) is 0 Å². The van der Waals surface area contributed by atoms with E-state index in [1.807, 2.05) is 30.3 Å². The van der Waals surface area contributed by atoms with Crippen LogP contribution < -0.4 is 10.6 Å². The van der Waals surface area contributed by atoms with Gasteiger partial charge >= 0.3 is 0 Å². The van der Waals surface area contributed by atoms with E-state index in [0.29, 0.717) is 11.9 Å². The number of tetrazole rings is 1. The SMILES string of the molecule is c1ccc(-n2nnnc2NCC2CCNC2)cc1. The van der Waals surface area contributed by atoms with Gasteiger partial charge in [-0.25, -0.2) is 0 Å². The number of para-hydroxylation sites is 1. The highest BCUT2D eigenvalue weighted by Gasteiger charge is 2.15. The topological polar surface area (TPSA) is 67.7 Å². The van der Waals surface area contributed by atoms with Crippen molar-refractivity contribution in [2.24, 2.45) is 5.92 Å². The number of rotatable bonds is 4. The Kier molecular flexibility index (Phi) is 3.18. The minimum Gasteiger partial charge on any atom is -0.352 e. The normalized spacial score (nSPS) is 19.0. The van der Waals surface area contributed by atoms with Crippen LogP contribution in [0.25, 0.3) is 5.69 Å². The average Bonchev–Trinajstić information content (AvgIpc) is 3.09. The van der Waals surface area contributed by atoms with E-state index in [0.717, 1.165) is 25.3 Å². The first-order valence-electron chi connectivity index (χ1n) is 6.22. The zero-order valence-electron chi connectivity index (χ0n) is 10.1. The summed E-state index contributed by atoms with van der Waals surface area (Å²) in [5.41, 5.74) is 0.967. The van der Waals surface area contributed by atoms with Crippen molar-refractivity contribution in [1.82, 2.24) is 25.5 Å². The zero-order chi connectivity index (χ0) is 12.2. The van der Waals surface area contributed by atoms with Crippen molar-refractivity contribution in [3.8, 4) is 5.69 Å². The Morgan fingerprint density at radius 2 is 2.22 bits per heavy atom. The highest BCUT2D eigenvalue weighted by molar-refractivity contribution is 5.38. The number of hydrogen-bond donors (Lipinski definition) is 2. The van der Waals surface area contributed by atoms with E-state index in [4.69, 9.17) is 0 Å². The Morgan fingerprint density at radius 1 is 1.33 bits per heavy atom. The summed E-state index contributed by atoms with van der Waals surface area (Å²) in [5.74, 6) is 1.36. The molecule has 1 atom stereocenters. The van der Waals surface area contributed by atoms with E-state index in [1.165, 1.54) is 6.42 Å². The van der Waals surface area contributed by atoms with Crippen molar-refractivity contribution in [2.75, 3.05) is 25.0 Å². The van der Waals surface area contributed by atoms with Crippen molar-refractivity contribution < 1.29 is 0 Å². The largest absolute Gasteiger partial charge is 0.352 e. The summed E-state index contributed by atoms with van der Waals surface area (Å²) in [5, 5.41) is 18.4. The molecule has 3 rings (SSSR count). The van der Waals surface area contributed by atoms with Crippen molar-refractivity contribution in [3.63, 3.8) is 0 Å². The molecule has 0 bridgehead atoms. The van der Waals surface area contributed by atoms with E-state index in [9.17, 15) is 0 Å². The molecule has 18 heavy (non-hydrogen) atoms. The Morgan fingerprint density at radius 3 is 3.00 bits per heavy atom. The highest BCUT2D eigenvalue weighted by atomic mass is 15.6. The molecular weight excluding hydrogens is 228 g/mol. The van der Waals surface area contributed by atoms with E-state index in [2.05, 4.69) is 26.2 Å². The third-order valence-electron chi connectivity index (χ3n) is 3.18. The molecule has 1 unspecified atom stereocenters. The number of nitrogens with zero attached hydrogens (tertiary/aromatic N) is 4. The Hall–Kier alpha value is -1.95. The van der Waals surface area contributed by atoms with Crippen molar-refractivity contribution in [3.05, 3.63) is 30.3 Å². The summed E-state index contributed by atoms with van der Waals surface area (Å²) in [6.45, 7) is 3.08. The monoisotopic (exact) mass is 244 g/mol. The summed E-state index contributed by atoms with van der Waals surface area (Å²) in [6.07, 6.45) is 1.21. The van der Waals surface area contributed by atoms with Crippen LogP contribution in [0.1, 0.15) is 6.42 Å². The van der Waals surface area contributed by atoms with Gasteiger partial charge in [-0.2, -0.15) is 4.68 Å². The second-order valence-corrected chi connectivity index (χ2v) is 4.49. The molecule has 6 heteroatoms. The number of nitrogens with one attached hydrogen (secondary N) is 2. The van der Waals surface area contributed by atoms with Gasteiger partial charge in [0, 0.05) is 6.54 Å². The number of aromatic nitrogens is 4. The van der Waals surface area contributed by atoms with Crippen LogP contribution in [0.4, 0.5) is 5.95 Å². The van der Waals surface area contributed by atoms with Gasteiger partial charge in [-0.05, 0) is 48.0 Å². The molecule has 6 nitrogen and oxygen atoms in total. The second kappa shape index (κ2) is 5.14. The lowest BCUT2D eigenvalue weighted by atomic mass is 10.1. The molecule has 1 aromatic heterocycles. The first kappa shape index (κ1) is 11.2. The van der Waals surface area contributed by atoms with Gasteiger partial charge in [-0.1, -0.05) is 23.3 Å². The summed E-state index contributed by atoms with van der Waals surface area (Å²) in [7, 11) is 0. The lowest BCUT2D eigenvalue weighted by Gasteiger charge is -2.10. The van der Waals surface area contributed by atoms with Gasteiger partial charge in [0.1, 0.15) is 0 Å². The summed E-state index contributed by atoms with van der Waals surface area (Å²) >= 11 is 0. The maximum Gasteiger partial charge on any atom is 0.247 e. The summed E-state index contributed by atoms with van der Waals surface area (Å²) in [4.78, 5) is 0. The lowest BCUT2D eigenvalue weighted by Crippen LogP contribution is -2.19. The van der Waals surface area contributed by atoms with Crippen molar-refractivity contribution >= 4 is 5.95 Å². The Bertz CT molecular complexity index is 488. The van der Waals surface area contributed by atoms with Crippen LogP contribution in [0.5, 0.6) is 0 Å². The van der Waals surface area contributed by atoms with Crippen LogP contribution in [0.15, 0.2) is 30.3 Å². The Balaban J connectivity index is 1.71. The smallest absolute Gasteiger partial charge is 0.247 e. The van der Waals surface area contributed by atoms with Gasteiger partial charge in [0.2, 0.25) is 5.95 Å². The Labute approximate surface area is 105 Å². The third kappa shape index (κ3) is 2.33. The molecule has 1 saturated heterocycles.